The number of rotatable bonds is 5. The summed E-state index contributed by atoms with van der Waals surface area (Å²) >= 11 is 1.69. The molecule has 1 aromatic rings. The normalized spacial score (nSPS) is 16.4. The van der Waals surface area contributed by atoms with Gasteiger partial charge in [0.05, 0.1) is 12.2 Å². The van der Waals surface area contributed by atoms with Crippen LogP contribution in [-0.4, -0.2) is 55.1 Å². The summed E-state index contributed by atoms with van der Waals surface area (Å²) < 4.78 is 0. The number of amides is 1. The van der Waals surface area contributed by atoms with Crippen molar-refractivity contribution in [2.75, 3.05) is 44.2 Å². The zero-order chi connectivity index (χ0) is 13.7. The van der Waals surface area contributed by atoms with Crippen LogP contribution in [0.25, 0.3) is 0 Å². The van der Waals surface area contributed by atoms with E-state index in [1.165, 1.54) is 0 Å². The first kappa shape index (κ1) is 14.0. The molecular formula is C13H20N4OS. The van der Waals surface area contributed by atoms with Gasteiger partial charge in [0.25, 0.3) is 0 Å². The van der Waals surface area contributed by atoms with Gasteiger partial charge in [0.2, 0.25) is 5.91 Å². The Bertz CT molecular complexity index is 438. The fraction of sp³-hybridized carbons (Fsp3) is 0.538. The molecule has 19 heavy (non-hydrogen) atoms. The summed E-state index contributed by atoms with van der Waals surface area (Å²) in [5.41, 5.74) is 1.08. The standard InChI is InChI=1S/C13H20N4OS/c1-3-4-14-12(18)9-16-5-7-17(8-6-16)13-15-11(2)10-19-13/h3,10H,1,4-9H2,2H3,(H,14,18). The third-order valence-electron chi connectivity index (χ3n) is 3.06. The molecule has 0 bridgehead atoms. The summed E-state index contributed by atoms with van der Waals surface area (Å²) in [4.78, 5) is 20.6. The molecule has 1 aliphatic rings. The highest BCUT2D eigenvalue weighted by Gasteiger charge is 2.20. The van der Waals surface area contributed by atoms with E-state index in [2.05, 4.69) is 32.1 Å². The van der Waals surface area contributed by atoms with Gasteiger partial charge in [0, 0.05) is 38.1 Å². The molecule has 0 spiro atoms. The van der Waals surface area contributed by atoms with Gasteiger partial charge in [-0.1, -0.05) is 6.08 Å². The first-order chi connectivity index (χ1) is 9.19. The van der Waals surface area contributed by atoms with E-state index in [1.54, 1.807) is 17.4 Å². The van der Waals surface area contributed by atoms with Crippen molar-refractivity contribution in [2.45, 2.75) is 6.92 Å². The number of nitrogens with one attached hydrogen (secondary N) is 1. The van der Waals surface area contributed by atoms with E-state index in [4.69, 9.17) is 0 Å². The Morgan fingerprint density at radius 3 is 2.84 bits per heavy atom. The number of carbonyl (C=O) groups is 1. The van der Waals surface area contributed by atoms with E-state index < -0.39 is 0 Å². The molecule has 5 nitrogen and oxygen atoms in total. The largest absolute Gasteiger partial charge is 0.352 e. The Morgan fingerprint density at radius 1 is 1.53 bits per heavy atom. The van der Waals surface area contributed by atoms with E-state index in [0.29, 0.717) is 13.1 Å². The van der Waals surface area contributed by atoms with Gasteiger partial charge in [-0.05, 0) is 6.92 Å². The molecule has 0 atom stereocenters. The first-order valence-electron chi connectivity index (χ1n) is 6.46. The molecule has 1 amide bonds. The van der Waals surface area contributed by atoms with Crippen molar-refractivity contribution >= 4 is 22.4 Å². The summed E-state index contributed by atoms with van der Waals surface area (Å²) in [6.45, 7) is 10.3. The van der Waals surface area contributed by atoms with Crippen LogP contribution in [0.3, 0.4) is 0 Å². The Morgan fingerprint density at radius 2 is 2.26 bits per heavy atom. The van der Waals surface area contributed by atoms with Crippen molar-refractivity contribution in [2.24, 2.45) is 0 Å². The highest BCUT2D eigenvalue weighted by atomic mass is 32.1. The lowest BCUT2D eigenvalue weighted by molar-refractivity contribution is -0.122. The predicted molar refractivity (Wildman–Crippen MR) is 78.7 cm³/mol. The molecule has 1 N–H and O–H groups in total. The smallest absolute Gasteiger partial charge is 0.234 e. The highest BCUT2D eigenvalue weighted by molar-refractivity contribution is 7.13. The lowest BCUT2D eigenvalue weighted by atomic mass is 10.3. The number of thiazole rings is 1. The van der Waals surface area contributed by atoms with Gasteiger partial charge in [0.15, 0.2) is 5.13 Å². The van der Waals surface area contributed by atoms with Crippen LogP contribution >= 0.6 is 11.3 Å². The van der Waals surface area contributed by atoms with Crippen molar-refractivity contribution < 1.29 is 4.79 Å². The number of hydrogen-bond acceptors (Lipinski definition) is 5. The minimum atomic E-state index is 0.0680. The average molecular weight is 280 g/mol. The molecule has 6 heteroatoms. The molecule has 1 aromatic heterocycles. The maximum atomic E-state index is 11.6. The minimum absolute atomic E-state index is 0.0680. The summed E-state index contributed by atoms with van der Waals surface area (Å²) in [7, 11) is 0. The first-order valence-corrected chi connectivity index (χ1v) is 7.34. The molecular weight excluding hydrogens is 260 g/mol. The molecule has 1 saturated heterocycles. The number of aromatic nitrogens is 1. The molecule has 0 unspecified atom stereocenters. The van der Waals surface area contributed by atoms with Gasteiger partial charge in [-0.25, -0.2) is 4.98 Å². The fourth-order valence-electron chi connectivity index (χ4n) is 2.03. The zero-order valence-electron chi connectivity index (χ0n) is 11.3. The number of nitrogens with zero attached hydrogens (tertiary/aromatic N) is 3. The van der Waals surface area contributed by atoms with Gasteiger partial charge in [0.1, 0.15) is 0 Å². The number of aryl methyl sites for hydroxylation is 1. The van der Waals surface area contributed by atoms with Crippen LogP contribution in [0.2, 0.25) is 0 Å². The number of carbonyl (C=O) groups excluding carboxylic acids is 1. The molecule has 0 radical (unpaired) electrons. The van der Waals surface area contributed by atoms with Gasteiger partial charge < -0.3 is 10.2 Å². The quantitative estimate of drug-likeness (QED) is 0.813. The van der Waals surface area contributed by atoms with Crippen LogP contribution in [0.1, 0.15) is 5.69 Å². The summed E-state index contributed by atoms with van der Waals surface area (Å²) in [5, 5.41) is 5.97. The van der Waals surface area contributed by atoms with Crippen molar-refractivity contribution in [1.82, 2.24) is 15.2 Å². The van der Waals surface area contributed by atoms with Crippen molar-refractivity contribution in [3.8, 4) is 0 Å². The Hall–Kier alpha value is -1.40. The van der Waals surface area contributed by atoms with Crippen LogP contribution in [0, 0.1) is 6.92 Å². The van der Waals surface area contributed by atoms with Crippen molar-refractivity contribution in [3.63, 3.8) is 0 Å². The molecule has 0 saturated carbocycles. The van der Waals surface area contributed by atoms with Gasteiger partial charge >= 0.3 is 0 Å². The minimum Gasteiger partial charge on any atom is -0.352 e. The SMILES string of the molecule is C=CCNC(=O)CN1CCN(c2nc(C)cs2)CC1. The zero-order valence-corrected chi connectivity index (χ0v) is 12.1. The van der Waals surface area contributed by atoms with Crippen molar-refractivity contribution in [1.29, 1.82) is 0 Å². The molecule has 2 rings (SSSR count). The highest BCUT2D eigenvalue weighted by Crippen LogP contribution is 2.21. The van der Waals surface area contributed by atoms with Gasteiger partial charge in [-0.3, -0.25) is 9.69 Å². The van der Waals surface area contributed by atoms with Gasteiger partial charge in [-0.2, -0.15) is 0 Å². The summed E-state index contributed by atoms with van der Waals surface area (Å²) in [6.07, 6.45) is 1.70. The second-order valence-corrected chi connectivity index (χ2v) is 5.46. The van der Waals surface area contributed by atoms with Crippen LogP contribution in [-0.2, 0) is 4.79 Å². The number of piperazine rings is 1. The molecule has 0 aliphatic carbocycles. The third kappa shape index (κ3) is 4.04. The maximum Gasteiger partial charge on any atom is 0.234 e. The number of hydrogen-bond donors (Lipinski definition) is 1. The Kier molecular flexibility index (Phi) is 4.93. The summed E-state index contributed by atoms with van der Waals surface area (Å²) in [6, 6.07) is 0. The predicted octanol–water partition coefficient (Wildman–Crippen LogP) is 0.876. The topological polar surface area (TPSA) is 48.5 Å². The number of anilines is 1. The van der Waals surface area contributed by atoms with Crippen LogP contribution in [0.5, 0.6) is 0 Å². The molecule has 2 heterocycles. The van der Waals surface area contributed by atoms with Gasteiger partial charge in [-0.15, -0.1) is 17.9 Å². The second kappa shape index (κ2) is 6.68. The Balaban J connectivity index is 1.76. The molecule has 1 aliphatic heterocycles. The molecule has 1 fully saturated rings. The Labute approximate surface area is 117 Å². The van der Waals surface area contributed by atoms with E-state index in [-0.39, 0.29) is 5.91 Å². The van der Waals surface area contributed by atoms with Crippen LogP contribution in [0.4, 0.5) is 5.13 Å². The summed E-state index contributed by atoms with van der Waals surface area (Å²) in [5.74, 6) is 0.0680. The fourth-order valence-corrected chi connectivity index (χ4v) is 2.89. The maximum absolute atomic E-state index is 11.6. The average Bonchev–Trinajstić information content (AvgIpc) is 2.84. The lowest BCUT2D eigenvalue weighted by Crippen LogP contribution is -2.49. The molecule has 104 valence electrons. The lowest BCUT2D eigenvalue weighted by Gasteiger charge is -2.34. The third-order valence-corrected chi connectivity index (χ3v) is 4.08. The van der Waals surface area contributed by atoms with Crippen LogP contribution < -0.4 is 10.2 Å². The van der Waals surface area contributed by atoms with E-state index in [0.717, 1.165) is 37.0 Å². The van der Waals surface area contributed by atoms with Crippen molar-refractivity contribution in [3.05, 3.63) is 23.7 Å². The second-order valence-electron chi connectivity index (χ2n) is 4.63. The van der Waals surface area contributed by atoms with E-state index in [9.17, 15) is 4.79 Å². The van der Waals surface area contributed by atoms with E-state index >= 15 is 0 Å². The molecule has 0 aromatic carbocycles. The monoisotopic (exact) mass is 280 g/mol. The van der Waals surface area contributed by atoms with Crippen LogP contribution in [0.15, 0.2) is 18.0 Å². The van der Waals surface area contributed by atoms with E-state index in [1.807, 2.05) is 6.92 Å².